The van der Waals surface area contributed by atoms with Crippen molar-refractivity contribution in [1.29, 1.82) is 0 Å². The minimum atomic E-state index is -0.784. The number of esters is 2. The number of carbonyl (C=O) groups excluding carboxylic acids is 2. The predicted molar refractivity (Wildman–Crippen MR) is 117 cm³/mol. The first kappa shape index (κ1) is 23.2. The molecule has 0 aromatic heterocycles. The summed E-state index contributed by atoms with van der Waals surface area (Å²) in [5.74, 6) is -0.655. The molecule has 166 valence electrons. The maximum Gasteiger partial charge on any atom is 0.338 e. The van der Waals surface area contributed by atoms with E-state index in [1.54, 1.807) is 64.1 Å². The molecule has 0 N–H and O–H groups in total. The summed E-state index contributed by atoms with van der Waals surface area (Å²) in [6.07, 6.45) is -0.566. The van der Waals surface area contributed by atoms with Gasteiger partial charge in [-0.1, -0.05) is 23.2 Å². The number of carbonyl (C=O) groups is 2. The van der Waals surface area contributed by atoms with Crippen LogP contribution in [0.15, 0.2) is 36.4 Å². The van der Waals surface area contributed by atoms with Crippen molar-refractivity contribution in [2.45, 2.75) is 51.9 Å². The second-order valence-electron chi connectivity index (χ2n) is 8.04. The van der Waals surface area contributed by atoms with E-state index in [-0.39, 0.29) is 18.1 Å². The lowest BCUT2D eigenvalue weighted by Gasteiger charge is -2.31. The van der Waals surface area contributed by atoms with Gasteiger partial charge in [0.05, 0.1) is 23.1 Å². The molecule has 0 saturated carbocycles. The quantitative estimate of drug-likeness (QED) is 0.519. The third kappa shape index (κ3) is 5.83. The van der Waals surface area contributed by atoms with Gasteiger partial charge >= 0.3 is 11.9 Å². The molecule has 0 aliphatic carbocycles. The Morgan fingerprint density at radius 2 is 1.81 bits per heavy atom. The van der Waals surface area contributed by atoms with Crippen LogP contribution in [0.1, 0.15) is 56.0 Å². The fourth-order valence-corrected chi connectivity index (χ4v) is 3.71. The largest absolute Gasteiger partial charge is 0.466 e. The summed E-state index contributed by atoms with van der Waals surface area (Å²) in [5.41, 5.74) is 0.384. The number of benzene rings is 2. The summed E-state index contributed by atoms with van der Waals surface area (Å²) >= 11 is 12.4. The average molecular weight is 467 g/mol. The van der Waals surface area contributed by atoms with Gasteiger partial charge in [-0.25, -0.2) is 4.79 Å². The van der Waals surface area contributed by atoms with Crippen LogP contribution in [0, 0.1) is 0 Å². The Morgan fingerprint density at radius 1 is 1.13 bits per heavy atom. The summed E-state index contributed by atoms with van der Waals surface area (Å²) in [7, 11) is 0. The van der Waals surface area contributed by atoms with E-state index in [1.807, 2.05) is 0 Å². The highest BCUT2D eigenvalue weighted by Gasteiger charge is 2.37. The molecular weight excluding hydrogens is 443 g/mol. The van der Waals surface area contributed by atoms with Gasteiger partial charge in [0.15, 0.2) is 0 Å². The summed E-state index contributed by atoms with van der Waals surface area (Å²) in [6.45, 7) is 7.40. The third-order valence-corrected chi connectivity index (χ3v) is 4.92. The van der Waals surface area contributed by atoms with Crippen LogP contribution in [0.3, 0.4) is 0 Å². The number of rotatable bonds is 5. The molecule has 1 heterocycles. The molecule has 0 spiro atoms. The lowest BCUT2D eigenvalue weighted by molar-refractivity contribution is -0.148. The average Bonchev–Trinajstić information content (AvgIpc) is 2.67. The van der Waals surface area contributed by atoms with Crippen molar-refractivity contribution in [2.75, 3.05) is 6.61 Å². The Morgan fingerprint density at radius 3 is 2.42 bits per heavy atom. The van der Waals surface area contributed by atoms with Crippen molar-refractivity contribution in [3.63, 3.8) is 0 Å². The molecule has 8 heteroatoms. The topological polar surface area (TPSA) is 71.1 Å². The molecule has 0 bridgehead atoms. The molecule has 1 aliphatic rings. The van der Waals surface area contributed by atoms with E-state index in [0.717, 1.165) is 0 Å². The maximum atomic E-state index is 12.5. The Bertz CT molecular complexity index is 965. The number of ether oxygens (including phenoxy) is 4. The van der Waals surface area contributed by atoms with Crippen LogP contribution in [0.2, 0.25) is 10.0 Å². The summed E-state index contributed by atoms with van der Waals surface area (Å²) in [4.78, 5) is 24.7. The minimum absolute atomic E-state index is 0.219. The van der Waals surface area contributed by atoms with Crippen molar-refractivity contribution in [2.24, 2.45) is 0 Å². The Balaban J connectivity index is 1.79. The number of fused-ring (bicyclic) bond motifs is 1. The van der Waals surface area contributed by atoms with E-state index in [2.05, 4.69) is 0 Å². The van der Waals surface area contributed by atoms with Crippen LogP contribution in [0.5, 0.6) is 11.5 Å². The number of halogens is 2. The van der Waals surface area contributed by atoms with Gasteiger partial charge < -0.3 is 18.9 Å². The Labute approximate surface area is 191 Å². The van der Waals surface area contributed by atoms with Crippen molar-refractivity contribution < 1.29 is 28.5 Å². The SMILES string of the molecule is CCOC(=O)C1CC(Oc2ccc(C(=O)OC(C)(C)C)cc2)Oc2c(Cl)cc(Cl)cc21. The normalized spacial score (nSPS) is 17.9. The molecular formula is C23H24Cl2O6. The summed E-state index contributed by atoms with van der Waals surface area (Å²) in [6, 6.07) is 9.69. The van der Waals surface area contributed by atoms with E-state index in [1.165, 1.54) is 0 Å². The van der Waals surface area contributed by atoms with E-state index in [0.29, 0.717) is 27.6 Å². The number of hydrogen-bond acceptors (Lipinski definition) is 6. The van der Waals surface area contributed by atoms with Crippen molar-refractivity contribution in [3.05, 3.63) is 57.6 Å². The molecule has 2 aromatic carbocycles. The van der Waals surface area contributed by atoms with Crippen LogP contribution in [-0.2, 0) is 14.3 Å². The zero-order valence-corrected chi connectivity index (χ0v) is 19.3. The monoisotopic (exact) mass is 466 g/mol. The maximum absolute atomic E-state index is 12.5. The van der Waals surface area contributed by atoms with Crippen molar-refractivity contribution in [1.82, 2.24) is 0 Å². The lowest BCUT2D eigenvalue weighted by Crippen LogP contribution is -2.34. The van der Waals surface area contributed by atoms with Gasteiger partial charge in [-0.15, -0.1) is 0 Å². The van der Waals surface area contributed by atoms with Crippen LogP contribution in [0.4, 0.5) is 0 Å². The van der Waals surface area contributed by atoms with Crippen LogP contribution < -0.4 is 9.47 Å². The van der Waals surface area contributed by atoms with Crippen molar-refractivity contribution in [3.8, 4) is 11.5 Å². The highest BCUT2D eigenvalue weighted by molar-refractivity contribution is 6.35. The van der Waals surface area contributed by atoms with Crippen LogP contribution in [0.25, 0.3) is 0 Å². The molecule has 2 unspecified atom stereocenters. The molecule has 1 aliphatic heterocycles. The highest BCUT2D eigenvalue weighted by Crippen LogP contribution is 2.43. The zero-order chi connectivity index (χ0) is 22.8. The number of hydrogen-bond donors (Lipinski definition) is 0. The molecule has 6 nitrogen and oxygen atoms in total. The Hall–Kier alpha value is -2.44. The second kappa shape index (κ2) is 9.37. The summed E-state index contributed by atoms with van der Waals surface area (Å²) in [5, 5.41) is 0.684. The second-order valence-corrected chi connectivity index (χ2v) is 8.88. The molecule has 2 aromatic rings. The van der Waals surface area contributed by atoms with E-state index in [4.69, 9.17) is 42.1 Å². The van der Waals surface area contributed by atoms with Gasteiger partial charge in [0.25, 0.3) is 0 Å². The van der Waals surface area contributed by atoms with E-state index in [9.17, 15) is 9.59 Å². The predicted octanol–water partition coefficient (Wildman–Crippen LogP) is 5.78. The van der Waals surface area contributed by atoms with Crippen molar-refractivity contribution >= 4 is 35.1 Å². The molecule has 0 saturated heterocycles. The molecule has 0 fully saturated rings. The molecule has 3 rings (SSSR count). The van der Waals surface area contributed by atoms with Gasteiger partial charge in [0.2, 0.25) is 6.29 Å². The third-order valence-electron chi connectivity index (χ3n) is 4.42. The highest BCUT2D eigenvalue weighted by atomic mass is 35.5. The van der Waals surface area contributed by atoms with Gasteiger partial charge in [-0.2, -0.15) is 0 Å². The molecule has 0 radical (unpaired) electrons. The van der Waals surface area contributed by atoms with Gasteiger partial charge in [-0.05, 0) is 64.1 Å². The zero-order valence-electron chi connectivity index (χ0n) is 17.7. The molecule has 2 atom stereocenters. The molecule has 0 amide bonds. The van der Waals surface area contributed by atoms with Gasteiger partial charge in [-0.3, -0.25) is 4.79 Å². The van der Waals surface area contributed by atoms with Crippen LogP contribution in [-0.4, -0.2) is 30.4 Å². The first-order chi connectivity index (χ1) is 14.6. The van der Waals surface area contributed by atoms with Crippen LogP contribution >= 0.6 is 23.2 Å². The smallest absolute Gasteiger partial charge is 0.338 e. The fraction of sp³-hybridized carbons (Fsp3) is 0.391. The Kier molecular flexibility index (Phi) is 7.02. The minimum Gasteiger partial charge on any atom is -0.466 e. The summed E-state index contributed by atoms with van der Waals surface area (Å²) < 4.78 is 22.4. The fourth-order valence-electron chi connectivity index (χ4n) is 3.16. The standard InChI is InChI=1S/C23H24Cl2O6/c1-5-28-22(27)17-12-19(30-20-16(17)10-14(24)11-18(20)25)29-15-8-6-13(7-9-15)21(26)31-23(2,3)4/h6-11,17,19H,5,12H2,1-4H3. The van der Waals surface area contributed by atoms with Gasteiger partial charge in [0, 0.05) is 17.0 Å². The first-order valence-electron chi connectivity index (χ1n) is 9.89. The lowest BCUT2D eigenvalue weighted by atomic mass is 9.92. The first-order valence-corrected chi connectivity index (χ1v) is 10.6. The van der Waals surface area contributed by atoms with E-state index >= 15 is 0 Å². The van der Waals surface area contributed by atoms with Gasteiger partial charge in [0.1, 0.15) is 17.1 Å². The molecule has 31 heavy (non-hydrogen) atoms. The van der Waals surface area contributed by atoms with E-state index < -0.39 is 29.7 Å².